The number of rotatable bonds is 3. The van der Waals surface area contributed by atoms with Crippen molar-refractivity contribution in [3.63, 3.8) is 0 Å². The summed E-state index contributed by atoms with van der Waals surface area (Å²) in [5.74, 6) is 5.34. The van der Waals surface area contributed by atoms with Crippen LogP contribution >= 0.6 is 0 Å². The van der Waals surface area contributed by atoms with Crippen molar-refractivity contribution in [1.29, 1.82) is 0 Å². The number of nitrogens with zero attached hydrogens (tertiary/aromatic N) is 1. The van der Waals surface area contributed by atoms with Crippen molar-refractivity contribution in [3.8, 4) is 0 Å². The molecule has 2 N–H and O–H groups in total. The first-order valence-corrected chi connectivity index (χ1v) is 3.68. The molecule has 0 amide bonds. The van der Waals surface area contributed by atoms with E-state index < -0.39 is 0 Å². The molecule has 0 saturated carbocycles. The molecule has 62 valence electrons. The van der Waals surface area contributed by atoms with Gasteiger partial charge in [-0.2, -0.15) is 0 Å². The average Bonchev–Trinajstić information content (AvgIpc) is 2.36. The number of nitrogens with two attached hydrogens (primary N) is 1. The minimum atomic E-state index is 0.361. The van der Waals surface area contributed by atoms with Crippen molar-refractivity contribution < 1.29 is 4.84 Å². The molecule has 0 radical (unpaired) electrons. The number of hydrogen-bond acceptors (Lipinski definition) is 2. The van der Waals surface area contributed by atoms with Crippen LogP contribution in [0.2, 0.25) is 0 Å². The summed E-state index contributed by atoms with van der Waals surface area (Å²) >= 11 is 0. The minimum Gasteiger partial charge on any atom is -0.354 e. The maximum atomic E-state index is 4.98. The van der Waals surface area contributed by atoms with Gasteiger partial charge in [-0.3, -0.25) is 0 Å². The smallest absolute Gasteiger partial charge is 0.0759 e. The van der Waals surface area contributed by atoms with Crippen LogP contribution in [-0.2, 0) is 11.9 Å². The minimum absolute atomic E-state index is 0.361. The number of hydrogen-bond donors (Lipinski definition) is 1. The van der Waals surface area contributed by atoms with E-state index >= 15 is 0 Å². The second kappa shape index (κ2) is 3.55. The van der Waals surface area contributed by atoms with E-state index in [0.717, 1.165) is 0 Å². The third kappa shape index (κ3) is 1.82. The van der Waals surface area contributed by atoms with E-state index in [1.165, 1.54) is 5.69 Å². The Bertz CT molecular complexity index is 220. The Morgan fingerprint density at radius 2 is 2.45 bits per heavy atom. The number of aryl methyl sites for hydroxylation is 1. The molecule has 0 aliphatic heterocycles. The Hall–Kier alpha value is -0.800. The van der Waals surface area contributed by atoms with Crippen LogP contribution in [0.1, 0.15) is 18.5 Å². The highest BCUT2D eigenvalue weighted by Crippen LogP contribution is 2.13. The molecule has 1 rings (SSSR count). The van der Waals surface area contributed by atoms with E-state index in [1.54, 1.807) is 0 Å². The van der Waals surface area contributed by atoms with Crippen molar-refractivity contribution >= 4 is 0 Å². The fourth-order valence-electron chi connectivity index (χ4n) is 1.22. The van der Waals surface area contributed by atoms with Gasteiger partial charge in [-0.05, 0) is 12.1 Å². The first-order chi connectivity index (χ1) is 5.25. The highest BCUT2D eigenvalue weighted by atomic mass is 16.6. The standard InChI is InChI=1S/C8H14N2O/c1-7(6-11-9)8-4-3-5-10(8)2/h3-5,7H,6,9H2,1-2H3. The molecule has 0 bridgehead atoms. The molecule has 1 unspecified atom stereocenters. The van der Waals surface area contributed by atoms with Gasteiger partial charge in [-0.15, -0.1) is 0 Å². The first-order valence-electron chi connectivity index (χ1n) is 3.68. The van der Waals surface area contributed by atoms with Crippen molar-refractivity contribution in [2.24, 2.45) is 12.9 Å². The molecule has 1 aromatic rings. The van der Waals surface area contributed by atoms with Crippen LogP contribution in [0.3, 0.4) is 0 Å². The van der Waals surface area contributed by atoms with Gasteiger partial charge in [0.05, 0.1) is 6.61 Å². The molecule has 3 nitrogen and oxygen atoms in total. The topological polar surface area (TPSA) is 40.2 Å². The zero-order valence-corrected chi connectivity index (χ0v) is 6.95. The SMILES string of the molecule is CC(CON)c1cccn1C. The second-order valence-electron chi connectivity index (χ2n) is 2.78. The highest BCUT2D eigenvalue weighted by Gasteiger charge is 2.06. The van der Waals surface area contributed by atoms with Crippen molar-refractivity contribution in [3.05, 3.63) is 24.0 Å². The van der Waals surface area contributed by atoms with Crippen LogP contribution in [0.25, 0.3) is 0 Å². The second-order valence-corrected chi connectivity index (χ2v) is 2.78. The van der Waals surface area contributed by atoms with Gasteiger partial charge in [0.2, 0.25) is 0 Å². The molecule has 0 aromatic carbocycles. The van der Waals surface area contributed by atoms with E-state index in [4.69, 9.17) is 5.90 Å². The average molecular weight is 154 g/mol. The maximum Gasteiger partial charge on any atom is 0.0759 e. The lowest BCUT2D eigenvalue weighted by Crippen LogP contribution is -2.11. The third-order valence-corrected chi connectivity index (χ3v) is 1.84. The Kier molecular flexibility index (Phi) is 2.68. The molecule has 1 atom stereocenters. The molecular formula is C8H14N2O. The van der Waals surface area contributed by atoms with Crippen LogP contribution in [0, 0.1) is 0 Å². The molecule has 3 heteroatoms. The summed E-state index contributed by atoms with van der Waals surface area (Å²) in [5, 5.41) is 0. The Labute approximate surface area is 66.7 Å². The summed E-state index contributed by atoms with van der Waals surface area (Å²) in [6.07, 6.45) is 2.02. The van der Waals surface area contributed by atoms with E-state index in [0.29, 0.717) is 12.5 Å². The zero-order chi connectivity index (χ0) is 8.27. The summed E-state index contributed by atoms with van der Waals surface area (Å²) in [4.78, 5) is 4.57. The van der Waals surface area contributed by atoms with Gasteiger partial charge >= 0.3 is 0 Å². The third-order valence-electron chi connectivity index (χ3n) is 1.84. The van der Waals surface area contributed by atoms with E-state index in [-0.39, 0.29) is 0 Å². The van der Waals surface area contributed by atoms with Crippen LogP contribution in [0.15, 0.2) is 18.3 Å². The van der Waals surface area contributed by atoms with E-state index in [1.807, 2.05) is 19.3 Å². The summed E-state index contributed by atoms with van der Waals surface area (Å²) in [6, 6.07) is 4.09. The molecule has 0 spiro atoms. The summed E-state index contributed by atoms with van der Waals surface area (Å²) in [7, 11) is 2.02. The normalized spacial score (nSPS) is 13.4. The number of aromatic nitrogens is 1. The molecule has 0 aliphatic rings. The summed E-state index contributed by atoms with van der Waals surface area (Å²) in [6.45, 7) is 2.65. The lowest BCUT2D eigenvalue weighted by Gasteiger charge is -2.10. The van der Waals surface area contributed by atoms with Crippen LogP contribution in [-0.4, -0.2) is 11.2 Å². The van der Waals surface area contributed by atoms with Crippen LogP contribution in [0.4, 0.5) is 0 Å². The Morgan fingerprint density at radius 3 is 2.91 bits per heavy atom. The zero-order valence-electron chi connectivity index (χ0n) is 6.95. The molecule has 0 saturated heterocycles. The molecule has 1 heterocycles. The van der Waals surface area contributed by atoms with Gasteiger partial charge in [0.25, 0.3) is 0 Å². The fraction of sp³-hybridized carbons (Fsp3) is 0.500. The van der Waals surface area contributed by atoms with Gasteiger partial charge in [0.1, 0.15) is 0 Å². The van der Waals surface area contributed by atoms with E-state index in [2.05, 4.69) is 22.4 Å². The lowest BCUT2D eigenvalue weighted by atomic mass is 10.1. The molecule has 11 heavy (non-hydrogen) atoms. The Balaban J connectivity index is 2.67. The van der Waals surface area contributed by atoms with Crippen LogP contribution < -0.4 is 5.90 Å². The van der Waals surface area contributed by atoms with Gasteiger partial charge in [-0.25, -0.2) is 5.90 Å². The van der Waals surface area contributed by atoms with Gasteiger partial charge in [0.15, 0.2) is 0 Å². The van der Waals surface area contributed by atoms with E-state index in [9.17, 15) is 0 Å². The first kappa shape index (κ1) is 8.30. The van der Waals surface area contributed by atoms with Crippen molar-refractivity contribution in [1.82, 2.24) is 4.57 Å². The van der Waals surface area contributed by atoms with Crippen molar-refractivity contribution in [2.45, 2.75) is 12.8 Å². The lowest BCUT2D eigenvalue weighted by molar-refractivity contribution is 0.125. The molecule has 0 aliphatic carbocycles. The van der Waals surface area contributed by atoms with Crippen molar-refractivity contribution in [2.75, 3.05) is 6.61 Å². The van der Waals surface area contributed by atoms with Gasteiger partial charge < -0.3 is 9.40 Å². The quantitative estimate of drug-likeness (QED) is 0.660. The Morgan fingerprint density at radius 1 is 1.73 bits per heavy atom. The van der Waals surface area contributed by atoms with Gasteiger partial charge in [0, 0.05) is 24.9 Å². The summed E-state index contributed by atoms with van der Waals surface area (Å²) < 4.78 is 2.07. The predicted octanol–water partition coefficient (Wildman–Crippen LogP) is 1.02. The largest absolute Gasteiger partial charge is 0.354 e. The highest BCUT2D eigenvalue weighted by molar-refractivity contribution is 5.11. The molecular weight excluding hydrogens is 140 g/mol. The molecule has 1 aromatic heterocycles. The molecule has 0 fully saturated rings. The summed E-state index contributed by atoms with van der Waals surface area (Å²) in [5.41, 5.74) is 1.25. The predicted molar refractivity (Wildman–Crippen MR) is 44.0 cm³/mol. The van der Waals surface area contributed by atoms with Gasteiger partial charge in [-0.1, -0.05) is 6.92 Å². The maximum absolute atomic E-state index is 4.98. The monoisotopic (exact) mass is 154 g/mol. The fourth-order valence-corrected chi connectivity index (χ4v) is 1.22. The van der Waals surface area contributed by atoms with Crippen LogP contribution in [0.5, 0.6) is 0 Å².